The zero-order valence-electron chi connectivity index (χ0n) is 10.6. The molecule has 1 aliphatic rings. The maximum absolute atomic E-state index is 5.26. The van der Waals surface area contributed by atoms with Gasteiger partial charge in [0.05, 0.1) is 24.7 Å². The number of hydrogen-bond acceptors (Lipinski definition) is 4. The number of methoxy groups -OCH3 is 1. The van der Waals surface area contributed by atoms with Crippen LogP contribution in [0.2, 0.25) is 0 Å². The van der Waals surface area contributed by atoms with E-state index in [4.69, 9.17) is 4.74 Å². The Kier molecular flexibility index (Phi) is 3.52. The third kappa shape index (κ3) is 2.79. The number of benzene rings is 1. The maximum atomic E-state index is 5.26. The van der Waals surface area contributed by atoms with E-state index in [0.29, 0.717) is 6.04 Å². The predicted octanol–water partition coefficient (Wildman–Crippen LogP) is 2.29. The van der Waals surface area contributed by atoms with Crippen LogP contribution >= 0.6 is 15.9 Å². The SMILES string of the molecule is COc1ccc(Br)c(-n2nncc2CNC2CC2)c1. The quantitative estimate of drug-likeness (QED) is 0.917. The van der Waals surface area contributed by atoms with Gasteiger partial charge in [-0.3, -0.25) is 0 Å². The van der Waals surface area contributed by atoms with Crippen molar-refractivity contribution in [3.05, 3.63) is 34.6 Å². The van der Waals surface area contributed by atoms with Crippen LogP contribution in [0.3, 0.4) is 0 Å². The molecule has 1 heterocycles. The molecule has 1 fully saturated rings. The van der Waals surface area contributed by atoms with E-state index in [2.05, 4.69) is 31.6 Å². The topological polar surface area (TPSA) is 52.0 Å². The molecule has 0 unspecified atom stereocenters. The van der Waals surface area contributed by atoms with Gasteiger partial charge in [-0.05, 0) is 40.9 Å². The molecule has 6 heteroatoms. The molecule has 2 aromatic rings. The fourth-order valence-electron chi connectivity index (χ4n) is 1.90. The molecule has 1 aromatic carbocycles. The second-order valence-corrected chi connectivity index (χ2v) is 5.46. The Bertz CT molecular complexity index is 580. The number of hydrogen-bond donors (Lipinski definition) is 1. The number of rotatable bonds is 5. The summed E-state index contributed by atoms with van der Waals surface area (Å²) >= 11 is 3.54. The fraction of sp³-hybridized carbons (Fsp3) is 0.385. The molecule has 0 spiro atoms. The molecule has 1 aromatic heterocycles. The third-order valence-corrected chi connectivity index (χ3v) is 3.82. The van der Waals surface area contributed by atoms with Crippen molar-refractivity contribution in [2.24, 2.45) is 0 Å². The smallest absolute Gasteiger partial charge is 0.121 e. The lowest BCUT2D eigenvalue weighted by Crippen LogP contribution is -2.18. The van der Waals surface area contributed by atoms with E-state index in [0.717, 1.165) is 28.1 Å². The molecule has 5 nitrogen and oxygen atoms in total. The van der Waals surface area contributed by atoms with Crippen LogP contribution in [0.15, 0.2) is 28.9 Å². The Balaban J connectivity index is 1.89. The molecule has 1 N–H and O–H groups in total. The largest absolute Gasteiger partial charge is 0.497 e. The molecule has 0 radical (unpaired) electrons. The van der Waals surface area contributed by atoms with Gasteiger partial charge in [-0.25, -0.2) is 4.68 Å². The monoisotopic (exact) mass is 322 g/mol. The summed E-state index contributed by atoms with van der Waals surface area (Å²) in [5.41, 5.74) is 1.98. The van der Waals surface area contributed by atoms with Gasteiger partial charge in [-0.15, -0.1) is 5.10 Å². The van der Waals surface area contributed by atoms with Crippen LogP contribution in [0.1, 0.15) is 18.5 Å². The first-order valence-corrected chi connectivity index (χ1v) is 7.04. The molecule has 0 aliphatic heterocycles. The molecule has 100 valence electrons. The van der Waals surface area contributed by atoms with Gasteiger partial charge in [-0.2, -0.15) is 0 Å². The van der Waals surface area contributed by atoms with Crippen LogP contribution in [0.25, 0.3) is 5.69 Å². The lowest BCUT2D eigenvalue weighted by molar-refractivity contribution is 0.414. The van der Waals surface area contributed by atoms with E-state index in [1.165, 1.54) is 12.8 Å². The van der Waals surface area contributed by atoms with Crippen molar-refractivity contribution >= 4 is 15.9 Å². The van der Waals surface area contributed by atoms with Crippen LogP contribution in [0.4, 0.5) is 0 Å². The zero-order chi connectivity index (χ0) is 13.2. The highest BCUT2D eigenvalue weighted by Crippen LogP contribution is 2.26. The minimum absolute atomic E-state index is 0.664. The van der Waals surface area contributed by atoms with Gasteiger partial charge in [-0.1, -0.05) is 5.21 Å². The van der Waals surface area contributed by atoms with Crippen molar-refractivity contribution in [3.8, 4) is 11.4 Å². The van der Waals surface area contributed by atoms with Crippen molar-refractivity contribution < 1.29 is 4.74 Å². The van der Waals surface area contributed by atoms with Gasteiger partial charge in [0.2, 0.25) is 0 Å². The zero-order valence-corrected chi connectivity index (χ0v) is 12.2. The lowest BCUT2D eigenvalue weighted by atomic mass is 10.3. The van der Waals surface area contributed by atoms with Crippen molar-refractivity contribution in [1.29, 1.82) is 0 Å². The summed E-state index contributed by atoms with van der Waals surface area (Å²) in [4.78, 5) is 0. The van der Waals surface area contributed by atoms with Crippen molar-refractivity contribution in [3.63, 3.8) is 0 Å². The second-order valence-electron chi connectivity index (χ2n) is 4.61. The van der Waals surface area contributed by atoms with Crippen LogP contribution in [-0.4, -0.2) is 28.1 Å². The number of aromatic nitrogens is 3. The second kappa shape index (κ2) is 5.30. The normalized spacial score (nSPS) is 14.6. The summed E-state index contributed by atoms with van der Waals surface area (Å²) < 4.78 is 8.06. The van der Waals surface area contributed by atoms with Crippen LogP contribution in [-0.2, 0) is 6.54 Å². The average Bonchev–Trinajstić information content (AvgIpc) is 3.15. The Hall–Kier alpha value is -1.40. The molecule has 0 amide bonds. The van der Waals surface area contributed by atoms with Gasteiger partial charge in [0.1, 0.15) is 5.75 Å². The van der Waals surface area contributed by atoms with E-state index in [-0.39, 0.29) is 0 Å². The van der Waals surface area contributed by atoms with Crippen LogP contribution in [0.5, 0.6) is 5.75 Å². The van der Waals surface area contributed by atoms with Crippen molar-refractivity contribution in [1.82, 2.24) is 20.3 Å². The van der Waals surface area contributed by atoms with Gasteiger partial charge in [0.25, 0.3) is 0 Å². The fourth-order valence-corrected chi connectivity index (χ4v) is 2.31. The Morgan fingerprint density at radius 1 is 1.47 bits per heavy atom. The van der Waals surface area contributed by atoms with E-state index >= 15 is 0 Å². The van der Waals surface area contributed by atoms with Gasteiger partial charge in [0, 0.05) is 23.1 Å². The number of nitrogens with zero attached hydrogens (tertiary/aromatic N) is 3. The van der Waals surface area contributed by atoms with Crippen LogP contribution in [0, 0.1) is 0 Å². The van der Waals surface area contributed by atoms with E-state index in [9.17, 15) is 0 Å². The molecule has 0 saturated heterocycles. The highest BCUT2D eigenvalue weighted by molar-refractivity contribution is 9.10. The molecule has 1 aliphatic carbocycles. The predicted molar refractivity (Wildman–Crippen MR) is 75.5 cm³/mol. The Labute approximate surface area is 120 Å². The number of halogens is 1. The molecule has 3 rings (SSSR count). The third-order valence-electron chi connectivity index (χ3n) is 3.15. The minimum atomic E-state index is 0.664. The molecule has 0 bridgehead atoms. The molecular formula is C13H15BrN4O. The van der Waals surface area contributed by atoms with E-state index in [1.807, 2.05) is 22.9 Å². The van der Waals surface area contributed by atoms with Crippen LogP contribution < -0.4 is 10.1 Å². The van der Waals surface area contributed by atoms with Gasteiger partial charge < -0.3 is 10.1 Å². The maximum Gasteiger partial charge on any atom is 0.121 e. The molecule has 19 heavy (non-hydrogen) atoms. The first kappa shape index (κ1) is 12.6. The highest BCUT2D eigenvalue weighted by atomic mass is 79.9. The van der Waals surface area contributed by atoms with Crippen molar-refractivity contribution in [2.75, 3.05) is 7.11 Å². The van der Waals surface area contributed by atoms with Gasteiger partial charge >= 0.3 is 0 Å². The Morgan fingerprint density at radius 3 is 3.05 bits per heavy atom. The highest BCUT2D eigenvalue weighted by Gasteiger charge is 2.21. The van der Waals surface area contributed by atoms with E-state index < -0.39 is 0 Å². The summed E-state index contributed by atoms with van der Waals surface area (Å²) in [7, 11) is 1.66. The summed E-state index contributed by atoms with van der Waals surface area (Å²) in [5.74, 6) is 0.801. The number of ether oxygens (including phenoxy) is 1. The minimum Gasteiger partial charge on any atom is -0.497 e. The molecule has 0 atom stereocenters. The average molecular weight is 323 g/mol. The summed E-state index contributed by atoms with van der Waals surface area (Å²) in [5, 5.41) is 11.6. The number of nitrogens with one attached hydrogen (secondary N) is 1. The first-order chi connectivity index (χ1) is 9.28. The standard InChI is InChI=1S/C13H15BrN4O/c1-19-11-4-5-12(14)13(6-11)18-10(8-16-17-18)7-15-9-2-3-9/h4-6,8-9,15H,2-3,7H2,1H3. The summed E-state index contributed by atoms with van der Waals surface area (Å²) in [6.45, 7) is 0.779. The molecular weight excluding hydrogens is 308 g/mol. The Morgan fingerprint density at radius 2 is 2.32 bits per heavy atom. The molecule has 1 saturated carbocycles. The summed E-state index contributed by atoms with van der Waals surface area (Å²) in [6, 6.07) is 6.47. The summed E-state index contributed by atoms with van der Waals surface area (Å²) in [6.07, 6.45) is 4.33. The van der Waals surface area contributed by atoms with Crippen molar-refractivity contribution in [2.45, 2.75) is 25.4 Å². The lowest BCUT2D eigenvalue weighted by Gasteiger charge is -2.10. The van der Waals surface area contributed by atoms with Gasteiger partial charge in [0.15, 0.2) is 0 Å². The first-order valence-electron chi connectivity index (χ1n) is 6.25. The van der Waals surface area contributed by atoms with E-state index in [1.54, 1.807) is 13.3 Å².